The van der Waals surface area contributed by atoms with Crippen molar-refractivity contribution in [2.75, 3.05) is 0 Å². The van der Waals surface area contributed by atoms with Gasteiger partial charge in [0.05, 0.1) is 28.9 Å². The molecule has 0 bridgehead atoms. The van der Waals surface area contributed by atoms with Gasteiger partial charge >= 0.3 is 0 Å². The fourth-order valence-corrected chi connectivity index (χ4v) is 3.08. The summed E-state index contributed by atoms with van der Waals surface area (Å²) in [4.78, 5) is 0. The highest BCUT2D eigenvalue weighted by molar-refractivity contribution is 5.33. The normalized spacial score (nSPS) is 25.8. The van der Waals surface area contributed by atoms with Crippen molar-refractivity contribution >= 4 is 0 Å². The molecule has 3 nitrogen and oxygen atoms in total. The number of hydrogen-bond acceptors (Lipinski definition) is 3. The largest absolute Gasteiger partial charge is 0.388 e. The Bertz CT molecular complexity index is 496. The van der Waals surface area contributed by atoms with Crippen LogP contribution in [0.5, 0.6) is 0 Å². The van der Waals surface area contributed by atoms with Crippen LogP contribution in [0.1, 0.15) is 51.3 Å². The van der Waals surface area contributed by atoms with Crippen LogP contribution in [0, 0.1) is 17.2 Å². The molecule has 3 heteroatoms. The summed E-state index contributed by atoms with van der Waals surface area (Å²) in [7, 11) is 0. The number of benzene rings is 1. The maximum absolute atomic E-state index is 10.6. The van der Waals surface area contributed by atoms with Gasteiger partial charge in [0, 0.05) is 5.92 Å². The predicted octanol–water partition coefficient (Wildman–Crippen LogP) is 3.19. The zero-order valence-electron chi connectivity index (χ0n) is 12.0. The van der Waals surface area contributed by atoms with Crippen LogP contribution in [-0.2, 0) is 4.74 Å². The lowest BCUT2D eigenvalue weighted by Crippen LogP contribution is -2.32. The summed E-state index contributed by atoms with van der Waals surface area (Å²) in [6.07, 6.45) is 0.255. The van der Waals surface area contributed by atoms with E-state index in [2.05, 4.69) is 19.9 Å². The van der Waals surface area contributed by atoms with Gasteiger partial charge in [-0.3, -0.25) is 0 Å². The molecule has 1 aliphatic heterocycles. The van der Waals surface area contributed by atoms with Crippen molar-refractivity contribution in [2.24, 2.45) is 5.92 Å². The molecule has 1 saturated heterocycles. The molecule has 1 fully saturated rings. The molecule has 0 radical (unpaired) electrons. The fraction of sp³-hybridized carbons (Fsp3) is 0.562. The lowest BCUT2D eigenvalue weighted by molar-refractivity contribution is -0.0880. The molecule has 0 amide bonds. The Labute approximate surface area is 114 Å². The second-order valence-corrected chi connectivity index (χ2v) is 6.45. The van der Waals surface area contributed by atoms with Crippen molar-refractivity contribution in [3.05, 3.63) is 35.4 Å². The number of ether oxygens (including phenoxy) is 1. The second kappa shape index (κ2) is 4.63. The Morgan fingerprint density at radius 3 is 2.26 bits per heavy atom. The molecule has 0 saturated carbocycles. The summed E-state index contributed by atoms with van der Waals surface area (Å²) < 4.78 is 6.02. The molecule has 1 aromatic rings. The molecule has 0 aliphatic carbocycles. The molecule has 0 aromatic heterocycles. The number of nitriles is 1. The summed E-state index contributed by atoms with van der Waals surface area (Å²) in [6.45, 7) is 8.17. The van der Waals surface area contributed by atoms with Gasteiger partial charge in [-0.25, -0.2) is 0 Å². The van der Waals surface area contributed by atoms with Crippen LogP contribution in [0.4, 0.5) is 0 Å². The maximum atomic E-state index is 10.6. The first-order valence-corrected chi connectivity index (χ1v) is 6.63. The molecule has 2 atom stereocenters. The highest BCUT2D eigenvalue weighted by Gasteiger charge is 2.49. The number of rotatable bonds is 2. The van der Waals surface area contributed by atoms with E-state index in [1.165, 1.54) is 0 Å². The Balaban J connectivity index is 2.24. The lowest BCUT2D eigenvalue weighted by Gasteiger charge is -2.30. The zero-order valence-corrected chi connectivity index (χ0v) is 12.0. The average molecular weight is 259 g/mol. The summed E-state index contributed by atoms with van der Waals surface area (Å²) in [5.74, 6) is 0.0513. The van der Waals surface area contributed by atoms with E-state index in [-0.39, 0.29) is 17.1 Å². The van der Waals surface area contributed by atoms with Crippen LogP contribution in [0.15, 0.2) is 24.3 Å². The first kappa shape index (κ1) is 14.0. The van der Waals surface area contributed by atoms with Gasteiger partial charge in [-0.2, -0.15) is 5.26 Å². The first-order valence-electron chi connectivity index (χ1n) is 6.63. The molecule has 19 heavy (non-hydrogen) atoms. The molecule has 2 unspecified atom stereocenters. The third kappa shape index (κ3) is 2.80. The molecule has 1 aliphatic rings. The van der Waals surface area contributed by atoms with Crippen molar-refractivity contribution in [1.82, 2.24) is 0 Å². The van der Waals surface area contributed by atoms with Gasteiger partial charge in [0.2, 0.25) is 0 Å². The Hall–Kier alpha value is -1.37. The van der Waals surface area contributed by atoms with Crippen LogP contribution in [0.25, 0.3) is 0 Å². The summed E-state index contributed by atoms with van der Waals surface area (Å²) in [5.41, 5.74) is 0.898. The van der Waals surface area contributed by atoms with Gasteiger partial charge in [-0.15, -0.1) is 0 Å². The molecule has 1 N–H and O–H groups in total. The minimum absolute atomic E-state index is 0.0513. The van der Waals surface area contributed by atoms with E-state index in [4.69, 9.17) is 10.00 Å². The van der Waals surface area contributed by atoms with Crippen molar-refractivity contribution in [3.63, 3.8) is 0 Å². The standard InChI is InChI=1S/C16H21NO2/c1-15(2)9-13(16(3,4)19-15)14(18)12-7-5-11(10-17)6-8-12/h5-8,13-14,18H,9H2,1-4H3. The van der Waals surface area contributed by atoms with E-state index >= 15 is 0 Å². The predicted molar refractivity (Wildman–Crippen MR) is 73.5 cm³/mol. The van der Waals surface area contributed by atoms with Crippen LogP contribution in [0.3, 0.4) is 0 Å². The highest BCUT2D eigenvalue weighted by Crippen LogP contribution is 2.47. The van der Waals surface area contributed by atoms with E-state index in [0.717, 1.165) is 12.0 Å². The summed E-state index contributed by atoms with van der Waals surface area (Å²) in [5, 5.41) is 19.4. The van der Waals surface area contributed by atoms with Gasteiger partial charge in [-0.1, -0.05) is 12.1 Å². The number of nitrogens with zero attached hydrogens (tertiary/aromatic N) is 1. The van der Waals surface area contributed by atoms with Gasteiger partial charge in [-0.05, 0) is 51.8 Å². The Morgan fingerprint density at radius 2 is 1.84 bits per heavy atom. The van der Waals surface area contributed by atoms with E-state index in [9.17, 15) is 5.11 Å². The number of aliphatic hydroxyl groups is 1. The number of aliphatic hydroxyl groups excluding tert-OH is 1. The van der Waals surface area contributed by atoms with Crippen LogP contribution < -0.4 is 0 Å². The molecule has 2 rings (SSSR count). The Kier molecular flexibility index (Phi) is 3.42. The fourth-order valence-electron chi connectivity index (χ4n) is 3.08. The minimum Gasteiger partial charge on any atom is -0.388 e. The molecule has 1 heterocycles. The monoisotopic (exact) mass is 259 g/mol. The number of hydrogen-bond donors (Lipinski definition) is 1. The highest BCUT2D eigenvalue weighted by atomic mass is 16.5. The minimum atomic E-state index is -0.565. The average Bonchev–Trinajstić information content (AvgIpc) is 2.56. The maximum Gasteiger partial charge on any atom is 0.0991 e. The van der Waals surface area contributed by atoms with Gasteiger partial charge < -0.3 is 9.84 Å². The molecule has 0 spiro atoms. The van der Waals surface area contributed by atoms with Crippen LogP contribution >= 0.6 is 0 Å². The quantitative estimate of drug-likeness (QED) is 0.887. The Morgan fingerprint density at radius 1 is 1.26 bits per heavy atom. The van der Waals surface area contributed by atoms with E-state index in [0.29, 0.717) is 5.56 Å². The lowest BCUT2D eigenvalue weighted by atomic mass is 9.80. The van der Waals surface area contributed by atoms with Crippen molar-refractivity contribution in [1.29, 1.82) is 5.26 Å². The topological polar surface area (TPSA) is 53.2 Å². The second-order valence-electron chi connectivity index (χ2n) is 6.45. The molecule has 102 valence electrons. The third-order valence-corrected chi connectivity index (χ3v) is 3.91. The first-order chi connectivity index (χ1) is 8.75. The van der Waals surface area contributed by atoms with Gasteiger partial charge in [0.25, 0.3) is 0 Å². The van der Waals surface area contributed by atoms with E-state index in [1.54, 1.807) is 12.1 Å². The van der Waals surface area contributed by atoms with Crippen molar-refractivity contribution in [2.45, 2.75) is 51.4 Å². The molecular weight excluding hydrogens is 238 g/mol. The van der Waals surface area contributed by atoms with Crippen LogP contribution in [-0.4, -0.2) is 16.3 Å². The van der Waals surface area contributed by atoms with Gasteiger partial charge in [0.15, 0.2) is 0 Å². The van der Waals surface area contributed by atoms with E-state index < -0.39 is 6.10 Å². The van der Waals surface area contributed by atoms with Crippen molar-refractivity contribution in [3.8, 4) is 6.07 Å². The summed E-state index contributed by atoms with van der Waals surface area (Å²) >= 11 is 0. The van der Waals surface area contributed by atoms with Crippen molar-refractivity contribution < 1.29 is 9.84 Å². The molecular formula is C16H21NO2. The SMILES string of the molecule is CC1(C)CC(C(O)c2ccc(C#N)cc2)C(C)(C)O1. The third-order valence-electron chi connectivity index (χ3n) is 3.91. The van der Waals surface area contributed by atoms with E-state index in [1.807, 2.05) is 26.0 Å². The summed E-state index contributed by atoms with van der Waals surface area (Å²) in [6, 6.07) is 9.22. The van der Waals surface area contributed by atoms with Gasteiger partial charge in [0.1, 0.15) is 0 Å². The zero-order chi connectivity index (χ0) is 14.3. The van der Waals surface area contributed by atoms with Crippen LogP contribution in [0.2, 0.25) is 0 Å². The molecule has 1 aromatic carbocycles. The smallest absolute Gasteiger partial charge is 0.0991 e.